The molecule has 2 aromatic carbocycles. The maximum atomic E-state index is 13.6. The standard InChI is InChI=1S/C24H15N3O4S/c1-30-14-8-9-16-18(11-14)32-24(26-16)27-20(13-5-4-10-25-12-13)19-21(28)15-6-2-3-7-17(15)31-22(19)23(27)29/h2-12,20H,1H3/t20-/m1/s1. The first-order valence-corrected chi connectivity index (χ1v) is 10.7. The second kappa shape index (κ2) is 7.00. The second-order valence-electron chi connectivity index (χ2n) is 7.36. The summed E-state index contributed by atoms with van der Waals surface area (Å²) in [6, 6.07) is 15.4. The van der Waals surface area contributed by atoms with Crippen molar-refractivity contribution in [1.29, 1.82) is 0 Å². The van der Waals surface area contributed by atoms with Gasteiger partial charge < -0.3 is 9.15 Å². The summed E-state index contributed by atoms with van der Waals surface area (Å²) >= 11 is 1.36. The van der Waals surface area contributed by atoms with Crippen molar-refractivity contribution in [1.82, 2.24) is 9.97 Å². The molecular weight excluding hydrogens is 426 g/mol. The van der Waals surface area contributed by atoms with Crippen LogP contribution in [0.1, 0.15) is 27.7 Å². The molecule has 3 aromatic heterocycles. The molecule has 4 heterocycles. The molecule has 1 amide bonds. The highest BCUT2D eigenvalue weighted by atomic mass is 32.1. The Labute approximate surface area is 185 Å². The molecule has 0 unspecified atom stereocenters. The maximum absolute atomic E-state index is 13.6. The van der Waals surface area contributed by atoms with E-state index in [0.29, 0.717) is 33.0 Å². The van der Waals surface area contributed by atoms with Crippen molar-refractivity contribution >= 4 is 43.6 Å². The monoisotopic (exact) mass is 441 g/mol. The highest BCUT2D eigenvalue weighted by Gasteiger charge is 2.45. The Hall–Kier alpha value is -4.04. The number of fused-ring (bicyclic) bond motifs is 3. The number of ether oxygens (including phenoxy) is 1. The van der Waals surface area contributed by atoms with Crippen LogP contribution < -0.4 is 15.1 Å². The van der Waals surface area contributed by atoms with Gasteiger partial charge in [0.2, 0.25) is 5.76 Å². The Bertz CT molecular complexity index is 1580. The van der Waals surface area contributed by atoms with Gasteiger partial charge in [-0.1, -0.05) is 29.5 Å². The van der Waals surface area contributed by atoms with E-state index in [4.69, 9.17) is 9.15 Å². The first-order chi connectivity index (χ1) is 15.7. The highest BCUT2D eigenvalue weighted by Crippen LogP contribution is 2.43. The summed E-state index contributed by atoms with van der Waals surface area (Å²) in [5.74, 6) is 0.345. The van der Waals surface area contributed by atoms with E-state index in [1.165, 1.54) is 16.2 Å². The van der Waals surface area contributed by atoms with Crippen molar-refractivity contribution in [3.63, 3.8) is 0 Å². The minimum absolute atomic E-state index is 0.0411. The van der Waals surface area contributed by atoms with Gasteiger partial charge in [0, 0.05) is 12.4 Å². The predicted octanol–water partition coefficient (Wildman–Crippen LogP) is 4.56. The van der Waals surface area contributed by atoms with Gasteiger partial charge in [0.1, 0.15) is 11.3 Å². The smallest absolute Gasteiger partial charge is 0.297 e. The number of aromatic nitrogens is 2. The molecule has 0 N–H and O–H groups in total. The molecule has 32 heavy (non-hydrogen) atoms. The molecule has 1 atom stereocenters. The van der Waals surface area contributed by atoms with Gasteiger partial charge in [0.25, 0.3) is 5.91 Å². The first kappa shape index (κ1) is 18.7. The molecule has 0 saturated carbocycles. The number of carbonyl (C=O) groups is 1. The molecule has 8 heteroatoms. The van der Waals surface area contributed by atoms with Gasteiger partial charge in [0.15, 0.2) is 10.6 Å². The largest absolute Gasteiger partial charge is 0.497 e. The fraction of sp³-hybridized carbons (Fsp3) is 0.0833. The number of hydrogen-bond acceptors (Lipinski definition) is 7. The summed E-state index contributed by atoms with van der Waals surface area (Å²) < 4.78 is 12.1. The molecule has 0 aliphatic carbocycles. The van der Waals surface area contributed by atoms with E-state index >= 15 is 0 Å². The third-order valence-corrected chi connectivity index (χ3v) is 6.59. The summed E-state index contributed by atoms with van der Waals surface area (Å²) in [7, 11) is 1.60. The Balaban J connectivity index is 1.62. The first-order valence-electron chi connectivity index (χ1n) is 9.89. The quantitative estimate of drug-likeness (QED) is 0.408. The Morgan fingerprint density at radius 1 is 1.09 bits per heavy atom. The maximum Gasteiger partial charge on any atom is 0.297 e. The second-order valence-corrected chi connectivity index (χ2v) is 8.37. The van der Waals surface area contributed by atoms with Gasteiger partial charge in [0.05, 0.1) is 34.3 Å². The fourth-order valence-corrected chi connectivity index (χ4v) is 5.11. The zero-order chi connectivity index (χ0) is 21.8. The minimum Gasteiger partial charge on any atom is -0.497 e. The average molecular weight is 441 g/mol. The van der Waals surface area contributed by atoms with Crippen LogP contribution in [0.4, 0.5) is 5.13 Å². The Kier molecular flexibility index (Phi) is 4.09. The van der Waals surface area contributed by atoms with Crippen molar-refractivity contribution in [2.24, 2.45) is 0 Å². The van der Waals surface area contributed by atoms with Crippen LogP contribution in [-0.2, 0) is 0 Å². The number of hydrogen-bond donors (Lipinski definition) is 0. The van der Waals surface area contributed by atoms with E-state index in [0.717, 1.165) is 10.2 Å². The Morgan fingerprint density at radius 2 is 1.97 bits per heavy atom. The number of benzene rings is 2. The topological polar surface area (TPSA) is 85.5 Å². The van der Waals surface area contributed by atoms with Gasteiger partial charge in [-0.2, -0.15) is 0 Å². The lowest BCUT2D eigenvalue weighted by molar-refractivity contribution is 0.0971. The summed E-state index contributed by atoms with van der Waals surface area (Å²) in [6.45, 7) is 0. The summed E-state index contributed by atoms with van der Waals surface area (Å²) in [5, 5.41) is 0.908. The lowest BCUT2D eigenvalue weighted by Crippen LogP contribution is -2.29. The summed E-state index contributed by atoms with van der Waals surface area (Å²) in [5.41, 5.74) is 1.90. The zero-order valence-electron chi connectivity index (χ0n) is 16.8. The number of nitrogens with zero attached hydrogens (tertiary/aromatic N) is 3. The van der Waals surface area contributed by atoms with Crippen molar-refractivity contribution in [3.05, 3.63) is 94.1 Å². The number of methoxy groups -OCH3 is 1. The molecule has 0 fully saturated rings. The number of pyridine rings is 1. The van der Waals surface area contributed by atoms with Crippen LogP contribution >= 0.6 is 11.3 Å². The summed E-state index contributed by atoms with van der Waals surface area (Å²) in [4.78, 5) is 37.5. The lowest BCUT2D eigenvalue weighted by atomic mass is 10.0. The van der Waals surface area contributed by atoms with Crippen molar-refractivity contribution < 1.29 is 13.9 Å². The molecule has 6 rings (SSSR count). The van der Waals surface area contributed by atoms with Crippen LogP contribution in [0, 0.1) is 0 Å². The molecule has 0 bridgehead atoms. The number of para-hydroxylation sites is 1. The number of anilines is 1. The molecule has 1 aliphatic rings. The third kappa shape index (κ3) is 2.66. The molecule has 1 aliphatic heterocycles. The highest BCUT2D eigenvalue weighted by molar-refractivity contribution is 7.22. The normalized spacial score (nSPS) is 15.5. The van der Waals surface area contributed by atoms with Gasteiger partial charge >= 0.3 is 0 Å². The van der Waals surface area contributed by atoms with Gasteiger partial charge in [-0.05, 0) is 42.0 Å². The molecule has 0 saturated heterocycles. The predicted molar refractivity (Wildman–Crippen MR) is 122 cm³/mol. The fourth-order valence-electron chi connectivity index (χ4n) is 4.09. The Morgan fingerprint density at radius 3 is 2.78 bits per heavy atom. The van der Waals surface area contributed by atoms with Crippen LogP contribution in [0.2, 0.25) is 0 Å². The molecule has 0 radical (unpaired) electrons. The number of rotatable bonds is 3. The van der Waals surface area contributed by atoms with Crippen molar-refractivity contribution in [3.8, 4) is 5.75 Å². The molecule has 7 nitrogen and oxygen atoms in total. The van der Waals surface area contributed by atoms with Crippen molar-refractivity contribution in [2.75, 3.05) is 12.0 Å². The van der Waals surface area contributed by atoms with E-state index < -0.39 is 11.9 Å². The zero-order valence-corrected chi connectivity index (χ0v) is 17.6. The van der Waals surface area contributed by atoms with E-state index in [2.05, 4.69) is 9.97 Å². The molecule has 0 spiro atoms. The number of amides is 1. The molecular formula is C24H15N3O4S. The van der Waals surface area contributed by atoms with Crippen LogP contribution in [0.5, 0.6) is 5.75 Å². The number of carbonyl (C=O) groups excluding carboxylic acids is 1. The van der Waals surface area contributed by atoms with Crippen LogP contribution in [0.15, 0.2) is 76.2 Å². The van der Waals surface area contributed by atoms with E-state index in [1.54, 1.807) is 49.8 Å². The van der Waals surface area contributed by atoms with Crippen LogP contribution in [0.25, 0.3) is 21.2 Å². The van der Waals surface area contributed by atoms with Crippen LogP contribution in [-0.4, -0.2) is 23.0 Å². The van der Waals surface area contributed by atoms with E-state index in [9.17, 15) is 9.59 Å². The third-order valence-electron chi connectivity index (χ3n) is 5.57. The van der Waals surface area contributed by atoms with E-state index in [-0.39, 0.29) is 11.2 Å². The molecule has 156 valence electrons. The minimum atomic E-state index is -0.686. The summed E-state index contributed by atoms with van der Waals surface area (Å²) in [6.07, 6.45) is 3.31. The SMILES string of the molecule is COc1ccc2nc(N3C(=O)c4oc5ccccc5c(=O)c4[C@H]3c3cccnc3)sc2c1. The van der Waals surface area contributed by atoms with Gasteiger partial charge in [-0.15, -0.1) is 0 Å². The van der Waals surface area contributed by atoms with Crippen LogP contribution in [0.3, 0.4) is 0 Å². The average Bonchev–Trinajstić information content (AvgIpc) is 3.38. The molecule has 5 aromatic rings. The lowest BCUT2D eigenvalue weighted by Gasteiger charge is -2.22. The van der Waals surface area contributed by atoms with Crippen molar-refractivity contribution in [2.45, 2.75) is 6.04 Å². The van der Waals surface area contributed by atoms with Gasteiger partial charge in [-0.3, -0.25) is 19.5 Å². The van der Waals surface area contributed by atoms with E-state index in [1.807, 2.05) is 24.3 Å². The van der Waals surface area contributed by atoms with Gasteiger partial charge in [-0.25, -0.2) is 4.98 Å². The number of thiazole rings is 1.